The summed E-state index contributed by atoms with van der Waals surface area (Å²) in [5.41, 5.74) is 4.75. The van der Waals surface area contributed by atoms with Gasteiger partial charge in [0.25, 0.3) is 0 Å². The van der Waals surface area contributed by atoms with E-state index in [0.717, 1.165) is 24.1 Å². The van der Waals surface area contributed by atoms with Crippen LogP contribution in [-0.2, 0) is 21.8 Å². The molecular weight excluding hydrogens is 299 g/mol. The summed E-state index contributed by atoms with van der Waals surface area (Å²) in [5, 5.41) is 0. The zero-order valence-electron chi connectivity index (χ0n) is 10.2. The van der Waals surface area contributed by atoms with Crippen LogP contribution < -0.4 is 5.73 Å². The Labute approximate surface area is 114 Å². The highest BCUT2D eigenvalue weighted by Gasteiger charge is 2.33. The van der Waals surface area contributed by atoms with E-state index in [-0.39, 0.29) is 28.5 Å². The molecule has 0 spiro atoms. The smallest absolute Gasteiger partial charge is 0.399 e. The summed E-state index contributed by atoms with van der Waals surface area (Å²) in [4.78, 5) is 0. The molecule has 19 heavy (non-hydrogen) atoms. The van der Waals surface area contributed by atoms with E-state index in [4.69, 9.17) is 5.73 Å². The Balaban J connectivity index is 2.73. The van der Waals surface area contributed by atoms with Crippen LogP contribution in [-0.4, -0.2) is 26.2 Å². The van der Waals surface area contributed by atoms with Crippen molar-refractivity contribution in [2.45, 2.75) is 11.9 Å². The minimum atomic E-state index is -4.46. The highest BCUT2D eigenvalue weighted by atomic mass is 32.2. The molecule has 0 saturated carbocycles. The van der Waals surface area contributed by atoms with E-state index < -0.39 is 21.6 Å². The van der Waals surface area contributed by atoms with Gasteiger partial charge in [0.1, 0.15) is 9.84 Å². The van der Waals surface area contributed by atoms with Crippen LogP contribution in [0.15, 0.2) is 18.2 Å². The molecule has 0 aliphatic rings. The van der Waals surface area contributed by atoms with Crippen LogP contribution in [0.2, 0.25) is 0 Å². The zero-order valence-corrected chi connectivity index (χ0v) is 11.8. The SMILES string of the molecule is CS(=O)(=O)CCSCc1ccc(N)cc1C(F)(F)F. The number of alkyl halides is 3. The van der Waals surface area contributed by atoms with E-state index in [2.05, 4.69) is 0 Å². The van der Waals surface area contributed by atoms with Gasteiger partial charge in [0.05, 0.1) is 11.3 Å². The molecule has 0 atom stereocenters. The number of sulfone groups is 1. The van der Waals surface area contributed by atoms with Gasteiger partial charge < -0.3 is 5.73 Å². The van der Waals surface area contributed by atoms with Gasteiger partial charge >= 0.3 is 6.18 Å². The highest BCUT2D eigenvalue weighted by Crippen LogP contribution is 2.34. The summed E-state index contributed by atoms with van der Waals surface area (Å²) in [5.74, 6) is 0.319. The molecular formula is C11H14F3NO2S2. The maximum Gasteiger partial charge on any atom is 0.416 e. The number of hydrogen-bond donors (Lipinski definition) is 1. The third kappa shape index (κ3) is 5.73. The summed E-state index contributed by atoms with van der Waals surface area (Å²) in [6.07, 6.45) is -3.36. The van der Waals surface area contributed by atoms with E-state index in [9.17, 15) is 21.6 Å². The van der Waals surface area contributed by atoms with Crippen LogP contribution >= 0.6 is 11.8 Å². The van der Waals surface area contributed by atoms with Crippen molar-refractivity contribution in [2.75, 3.05) is 23.5 Å². The minimum absolute atomic E-state index is 0.0476. The van der Waals surface area contributed by atoms with E-state index >= 15 is 0 Å². The molecule has 1 rings (SSSR count). The van der Waals surface area contributed by atoms with Gasteiger partial charge in [-0.3, -0.25) is 0 Å². The van der Waals surface area contributed by atoms with Crippen molar-refractivity contribution in [1.29, 1.82) is 0 Å². The maximum absolute atomic E-state index is 12.8. The van der Waals surface area contributed by atoms with Crippen molar-refractivity contribution in [1.82, 2.24) is 0 Å². The largest absolute Gasteiger partial charge is 0.416 e. The van der Waals surface area contributed by atoms with Crippen molar-refractivity contribution in [3.63, 3.8) is 0 Å². The van der Waals surface area contributed by atoms with Crippen LogP contribution in [0, 0.1) is 0 Å². The molecule has 1 aromatic carbocycles. The summed E-state index contributed by atoms with van der Waals surface area (Å²) in [6, 6.07) is 3.62. The Kier molecular flexibility index (Phi) is 5.14. The maximum atomic E-state index is 12.8. The number of benzene rings is 1. The first kappa shape index (κ1) is 16.2. The lowest BCUT2D eigenvalue weighted by molar-refractivity contribution is -0.138. The standard InChI is InChI=1S/C11H14F3NO2S2/c1-19(16,17)5-4-18-7-8-2-3-9(15)6-10(8)11(12,13)14/h2-3,6H,4-5,7,15H2,1H3. The van der Waals surface area contributed by atoms with Crippen molar-refractivity contribution in [2.24, 2.45) is 0 Å². The van der Waals surface area contributed by atoms with Gasteiger partial charge in [0, 0.05) is 23.4 Å². The molecule has 0 bridgehead atoms. The molecule has 0 saturated heterocycles. The van der Waals surface area contributed by atoms with Gasteiger partial charge in [-0.25, -0.2) is 8.42 Å². The van der Waals surface area contributed by atoms with Gasteiger partial charge in [-0.1, -0.05) is 6.07 Å². The fourth-order valence-electron chi connectivity index (χ4n) is 1.38. The van der Waals surface area contributed by atoms with Gasteiger partial charge in [0.2, 0.25) is 0 Å². The van der Waals surface area contributed by atoms with Crippen molar-refractivity contribution in [3.8, 4) is 0 Å². The first-order valence-corrected chi connectivity index (χ1v) is 8.52. The topological polar surface area (TPSA) is 60.2 Å². The molecule has 0 amide bonds. The number of halogens is 3. The number of rotatable bonds is 5. The molecule has 1 aromatic rings. The normalized spacial score (nSPS) is 12.6. The second-order valence-corrected chi connectivity index (χ2v) is 7.46. The Morgan fingerprint density at radius 1 is 1.32 bits per heavy atom. The first-order chi connectivity index (χ1) is 8.59. The molecule has 0 aromatic heterocycles. The monoisotopic (exact) mass is 313 g/mol. The number of hydrogen-bond acceptors (Lipinski definition) is 4. The predicted molar refractivity (Wildman–Crippen MR) is 71.7 cm³/mol. The average Bonchev–Trinajstić information content (AvgIpc) is 2.23. The van der Waals surface area contributed by atoms with Gasteiger partial charge in [-0.2, -0.15) is 24.9 Å². The van der Waals surface area contributed by atoms with Gasteiger partial charge in [-0.15, -0.1) is 0 Å². The summed E-state index contributed by atoms with van der Waals surface area (Å²) in [6.45, 7) is 0. The molecule has 0 heterocycles. The Bertz CT molecular complexity index is 541. The highest BCUT2D eigenvalue weighted by molar-refractivity contribution is 7.99. The fourth-order valence-corrected chi connectivity index (χ4v) is 3.67. The van der Waals surface area contributed by atoms with Crippen molar-refractivity contribution in [3.05, 3.63) is 29.3 Å². The quantitative estimate of drug-likeness (QED) is 0.670. The lowest BCUT2D eigenvalue weighted by Crippen LogP contribution is -2.10. The van der Waals surface area contributed by atoms with E-state index in [1.165, 1.54) is 12.1 Å². The fraction of sp³-hybridized carbons (Fsp3) is 0.455. The first-order valence-electron chi connectivity index (χ1n) is 5.30. The van der Waals surface area contributed by atoms with E-state index in [1.807, 2.05) is 0 Å². The number of thioether (sulfide) groups is 1. The van der Waals surface area contributed by atoms with Crippen LogP contribution in [0.25, 0.3) is 0 Å². The van der Waals surface area contributed by atoms with Crippen molar-refractivity contribution < 1.29 is 21.6 Å². The molecule has 8 heteroatoms. The Morgan fingerprint density at radius 2 is 1.95 bits per heavy atom. The molecule has 0 aliphatic carbocycles. The molecule has 0 aliphatic heterocycles. The Hall–Kier alpha value is -0.890. The van der Waals surface area contributed by atoms with Crippen LogP contribution in [0.1, 0.15) is 11.1 Å². The Morgan fingerprint density at radius 3 is 2.47 bits per heavy atom. The molecule has 0 unspecified atom stereocenters. The third-order valence-electron chi connectivity index (χ3n) is 2.30. The second-order valence-electron chi connectivity index (χ2n) is 4.10. The van der Waals surface area contributed by atoms with Gasteiger partial charge in [-0.05, 0) is 17.7 Å². The second kappa shape index (κ2) is 6.04. The van der Waals surface area contributed by atoms with Crippen LogP contribution in [0.3, 0.4) is 0 Å². The minimum Gasteiger partial charge on any atom is -0.399 e. The third-order valence-corrected chi connectivity index (χ3v) is 4.51. The molecule has 2 N–H and O–H groups in total. The predicted octanol–water partition coefficient (Wildman–Crippen LogP) is 2.57. The van der Waals surface area contributed by atoms with Crippen molar-refractivity contribution >= 4 is 27.3 Å². The number of nitrogen functional groups attached to an aromatic ring is 1. The lowest BCUT2D eigenvalue weighted by atomic mass is 10.1. The molecule has 108 valence electrons. The molecule has 3 nitrogen and oxygen atoms in total. The van der Waals surface area contributed by atoms with E-state index in [1.54, 1.807) is 0 Å². The van der Waals surface area contributed by atoms with Crippen LogP contribution in [0.4, 0.5) is 18.9 Å². The number of nitrogens with two attached hydrogens (primary N) is 1. The lowest BCUT2D eigenvalue weighted by Gasteiger charge is -2.13. The van der Waals surface area contributed by atoms with Gasteiger partial charge in [0.15, 0.2) is 0 Å². The molecule has 0 radical (unpaired) electrons. The summed E-state index contributed by atoms with van der Waals surface area (Å²) in [7, 11) is -3.09. The zero-order chi connectivity index (χ0) is 14.7. The summed E-state index contributed by atoms with van der Waals surface area (Å²) >= 11 is 1.15. The number of anilines is 1. The molecule has 0 fully saturated rings. The van der Waals surface area contributed by atoms with Crippen LogP contribution in [0.5, 0.6) is 0 Å². The van der Waals surface area contributed by atoms with E-state index in [0.29, 0.717) is 0 Å². The average molecular weight is 313 g/mol. The summed E-state index contributed by atoms with van der Waals surface area (Å²) < 4.78 is 60.1.